The van der Waals surface area contributed by atoms with Crippen molar-refractivity contribution in [3.05, 3.63) is 35.9 Å². The predicted molar refractivity (Wildman–Crippen MR) is 101 cm³/mol. The van der Waals surface area contributed by atoms with Crippen LogP contribution in [0.25, 0.3) is 0 Å². The zero-order valence-electron chi connectivity index (χ0n) is 14.7. The van der Waals surface area contributed by atoms with Gasteiger partial charge in [0.25, 0.3) is 0 Å². The van der Waals surface area contributed by atoms with Crippen LogP contribution in [-0.4, -0.2) is 48.9 Å². The van der Waals surface area contributed by atoms with Crippen molar-refractivity contribution in [1.82, 2.24) is 15.5 Å². The molecule has 0 aliphatic carbocycles. The van der Waals surface area contributed by atoms with Crippen LogP contribution in [-0.2, 0) is 16.0 Å². The van der Waals surface area contributed by atoms with Crippen LogP contribution >= 0.6 is 12.4 Å². The van der Waals surface area contributed by atoms with Gasteiger partial charge in [0.1, 0.15) is 6.04 Å². The molecule has 5 nitrogen and oxygen atoms in total. The van der Waals surface area contributed by atoms with Crippen molar-refractivity contribution in [2.45, 2.75) is 32.2 Å². The molecule has 2 aliphatic rings. The fraction of sp³-hybridized carbons (Fsp3) is 0.579. The zero-order valence-corrected chi connectivity index (χ0v) is 15.6. The number of amides is 2. The summed E-state index contributed by atoms with van der Waals surface area (Å²) in [4.78, 5) is 27.1. The second-order valence-electron chi connectivity index (χ2n) is 6.99. The summed E-state index contributed by atoms with van der Waals surface area (Å²) in [5, 5.41) is 6.35. The summed E-state index contributed by atoms with van der Waals surface area (Å²) >= 11 is 0. The number of fused-ring (bicyclic) bond motifs is 1. The smallest absolute Gasteiger partial charge is 0.245 e. The minimum Gasteiger partial charge on any atom is -0.344 e. The molecule has 1 unspecified atom stereocenters. The molecular weight excluding hydrogens is 338 g/mol. The summed E-state index contributed by atoms with van der Waals surface area (Å²) in [7, 11) is 0. The van der Waals surface area contributed by atoms with Crippen molar-refractivity contribution in [2.24, 2.45) is 11.8 Å². The van der Waals surface area contributed by atoms with Crippen LogP contribution in [0.1, 0.15) is 25.3 Å². The van der Waals surface area contributed by atoms with Gasteiger partial charge in [0.2, 0.25) is 11.8 Å². The fourth-order valence-electron chi connectivity index (χ4n) is 3.83. The number of carbonyl (C=O) groups excluding carboxylic acids is 2. The number of rotatable bonds is 6. The highest BCUT2D eigenvalue weighted by Crippen LogP contribution is 2.27. The average Bonchev–Trinajstić information content (AvgIpc) is 3.16. The Labute approximate surface area is 155 Å². The summed E-state index contributed by atoms with van der Waals surface area (Å²) in [6.45, 7) is 5.71. The van der Waals surface area contributed by atoms with E-state index in [1.807, 2.05) is 42.2 Å². The molecule has 0 bridgehead atoms. The molecular formula is C19H28ClN3O2. The first-order valence-electron chi connectivity index (χ1n) is 9.00. The van der Waals surface area contributed by atoms with E-state index in [9.17, 15) is 9.59 Å². The Morgan fingerprint density at radius 1 is 1.20 bits per heavy atom. The van der Waals surface area contributed by atoms with Crippen LogP contribution in [0, 0.1) is 11.8 Å². The monoisotopic (exact) mass is 365 g/mol. The van der Waals surface area contributed by atoms with Crippen molar-refractivity contribution < 1.29 is 9.59 Å². The van der Waals surface area contributed by atoms with Crippen molar-refractivity contribution in [2.75, 3.05) is 26.2 Å². The largest absolute Gasteiger partial charge is 0.344 e. The number of likely N-dealkylation sites (tertiary alicyclic amines) is 1. The van der Waals surface area contributed by atoms with Gasteiger partial charge in [-0.1, -0.05) is 43.7 Å². The normalized spacial score (nSPS) is 22.8. The predicted octanol–water partition coefficient (Wildman–Crippen LogP) is 1.61. The van der Waals surface area contributed by atoms with Crippen LogP contribution < -0.4 is 10.6 Å². The number of halogens is 1. The summed E-state index contributed by atoms with van der Waals surface area (Å²) in [6, 6.07) is 9.26. The molecule has 138 valence electrons. The van der Waals surface area contributed by atoms with Crippen LogP contribution in [0.5, 0.6) is 0 Å². The number of nitrogens with zero attached hydrogens (tertiary/aromatic N) is 1. The third-order valence-corrected chi connectivity index (χ3v) is 5.12. The summed E-state index contributed by atoms with van der Waals surface area (Å²) in [6.07, 6.45) is 1.90. The van der Waals surface area contributed by atoms with E-state index in [0.29, 0.717) is 24.7 Å². The van der Waals surface area contributed by atoms with Gasteiger partial charge in [-0.15, -0.1) is 12.4 Å². The lowest BCUT2D eigenvalue weighted by Crippen LogP contribution is -2.48. The molecule has 25 heavy (non-hydrogen) atoms. The van der Waals surface area contributed by atoms with Crippen LogP contribution in [0.3, 0.4) is 0 Å². The quantitative estimate of drug-likeness (QED) is 0.805. The van der Waals surface area contributed by atoms with Gasteiger partial charge in [0, 0.05) is 26.2 Å². The van der Waals surface area contributed by atoms with Gasteiger partial charge < -0.3 is 15.5 Å². The SMILES string of the molecule is CCCC(NC(=O)Cc1ccccc1)C(=O)N1C[C@H]2CNC[C@H]2C1.Cl. The molecule has 3 rings (SSSR count). The van der Waals surface area contributed by atoms with E-state index in [2.05, 4.69) is 10.6 Å². The molecule has 0 saturated carbocycles. The topological polar surface area (TPSA) is 61.4 Å². The molecule has 0 aromatic heterocycles. The van der Waals surface area contributed by atoms with Gasteiger partial charge in [-0.25, -0.2) is 0 Å². The van der Waals surface area contributed by atoms with Crippen molar-refractivity contribution >= 4 is 24.2 Å². The molecule has 2 heterocycles. The van der Waals surface area contributed by atoms with E-state index in [1.165, 1.54) is 0 Å². The average molecular weight is 366 g/mol. The Bertz CT molecular complexity index is 569. The lowest BCUT2D eigenvalue weighted by molar-refractivity contribution is -0.135. The van der Waals surface area contributed by atoms with Gasteiger partial charge in [-0.3, -0.25) is 9.59 Å². The van der Waals surface area contributed by atoms with Crippen LogP contribution in [0.15, 0.2) is 30.3 Å². The van der Waals surface area contributed by atoms with Crippen molar-refractivity contribution in [3.8, 4) is 0 Å². The number of benzene rings is 1. The molecule has 3 atom stereocenters. The molecule has 2 amide bonds. The van der Waals surface area contributed by atoms with Gasteiger partial charge >= 0.3 is 0 Å². The van der Waals surface area contributed by atoms with Gasteiger partial charge in [-0.05, 0) is 23.8 Å². The molecule has 2 saturated heterocycles. The lowest BCUT2D eigenvalue weighted by atomic mass is 10.0. The Hall–Kier alpha value is -1.59. The molecule has 2 fully saturated rings. The van der Waals surface area contributed by atoms with E-state index in [1.54, 1.807) is 0 Å². The Balaban J connectivity index is 0.00000225. The molecule has 1 aromatic rings. The highest BCUT2D eigenvalue weighted by molar-refractivity contribution is 5.88. The highest BCUT2D eigenvalue weighted by atomic mass is 35.5. The van der Waals surface area contributed by atoms with E-state index in [-0.39, 0.29) is 24.2 Å². The van der Waals surface area contributed by atoms with Crippen molar-refractivity contribution in [1.29, 1.82) is 0 Å². The first-order valence-corrected chi connectivity index (χ1v) is 9.00. The molecule has 6 heteroatoms. The first kappa shape index (κ1) is 19.7. The second-order valence-corrected chi connectivity index (χ2v) is 6.99. The highest BCUT2D eigenvalue weighted by Gasteiger charge is 2.39. The third kappa shape index (κ3) is 4.95. The van der Waals surface area contributed by atoms with E-state index < -0.39 is 6.04 Å². The molecule has 2 aliphatic heterocycles. The minimum atomic E-state index is -0.391. The van der Waals surface area contributed by atoms with Gasteiger partial charge in [-0.2, -0.15) is 0 Å². The third-order valence-electron chi connectivity index (χ3n) is 5.12. The Morgan fingerprint density at radius 3 is 2.44 bits per heavy atom. The number of nitrogens with one attached hydrogen (secondary N) is 2. The molecule has 0 radical (unpaired) electrons. The number of carbonyl (C=O) groups is 2. The minimum absolute atomic E-state index is 0. The molecule has 0 spiro atoms. The standard InChI is InChI=1S/C19H27N3O2.ClH/c1-2-6-17(21-18(23)9-14-7-4-3-5-8-14)19(24)22-12-15-10-20-11-16(15)13-22;/h3-5,7-8,15-17,20H,2,6,9-13H2,1H3,(H,21,23);1H/t15-,16+,17?;. The number of hydrogen-bond donors (Lipinski definition) is 2. The number of hydrogen-bond acceptors (Lipinski definition) is 3. The summed E-state index contributed by atoms with van der Waals surface area (Å²) in [5.41, 5.74) is 0.972. The first-order chi connectivity index (χ1) is 11.7. The van der Waals surface area contributed by atoms with Crippen LogP contribution in [0.4, 0.5) is 0 Å². The summed E-state index contributed by atoms with van der Waals surface area (Å²) < 4.78 is 0. The lowest BCUT2D eigenvalue weighted by Gasteiger charge is -2.25. The van der Waals surface area contributed by atoms with Gasteiger partial charge in [0.15, 0.2) is 0 Å². The van der Waals surface area contributed by atoms with Crippen molar-refractivity contribution in [3.63, 3.8) is 0 Å². The van der Waals surface area contributed by atoms with E-state index in [0.717, 1.165) is 38.2 Å². The maximum Gasteiger partial charge on any atom is 0.245 e. The van der Waals surface area contributed by atoms with E-state index >= 15 is 0 Å². The Morgan fingerprint density at radius 2 is 1.84 bits per heavy atom. The maximum absolute atomic E-state index is 12.8. The summed E-state index contributed by atoms with van der Waals surface area (Å²) in [5.74, 6) is 1.18. The molecule has 2 N–H and O–H groups in total. The van der Waals surface area contributed by atoms with E-state index in [4.69, 9.17) is 0 Å². The fourth-order valence-corrected chi connectivity index (χ4v) is 3.83. The zero-order chi connectivity index (χ0) is 16.9. The Kier molecular flexibility index (Phi) is 7.26. The maximum atomic E-state index is 12.8. The molecule has 1 aromatic carbocycles. The van der Waals surface area contributed by atoms with Crippen LogP contribution in [0.2, 0.25) is 0 Å². The second kappa shape index (κ2) is 9.20. The van der Waals surface area contributed by atoms with Gasteiger partial charge in [0.05, 0.1) is 6.42 Å².